The Morgan fingerprint density at radius 1 is 1.00 bits per heavy atom. The van der Waals surface area contributed by atoms with Crippen molar-refractivity contribution in [1.82, 2.24) is 0 Å². The first kappa shape index (κ1) is 19.7. The molecular formula is C20H32O3. The van der Waals surface area contributed by atoms with Crippen LogP contribution in [0.2, 0.25) is 0 Å². The number of esters is 1. The van der Waals surface area contributed by atoms with Gasteiger partial charge in [-0.3, -0.25) is 4.79 Å². The SMILES string of the molecule is CCCCCCCCC(O)CCCC(=O)OCc1ccccc1. The Morgan fingerprint density at radius 2 is 1.65 bits per heavy atom. The summed E-state index contributed by atoms with van der Waals surface area (Å²) in [6.07, 6.45) is 9.80. The second kappa shape index (κ2) is 13.1. The lowest BCUT2D eigenvalue weighted by Gasteiger charge is -2.10. The third kappa shape index (κ3) is 10.9. The van der Waals surface area contributed by atoms with Crippen LogP contribution in [-0.2, 0) is 16.1 Å². The molecule has 0 aromatic heterocycles. The molecule has 1 rings (SSSR count). The van der Waals surface area contributed by atoms with Crippen molar-refractivity contribution in [2.45, 2.75) is 83.8 Å². The molecule has 0 aliphatic carbocycles. The fraction of sp³-hybridized carbons (Fsp3) is 0.650. The largest absolute Gasteiger partial charge is 0.461 e. The normalized spacial score (nSPS) is 12.1. The monoisotopic (exact) mass is 320 g/mol. The van der Waals surface area contributed by atoms with Crippen LogP contribution in [0, 0.1) is 0 Å². The average Bonchev–Trinajstić information content (AvgIpc) is 2.57. The zero-order valence-electron chi connectivity index (χ0n) is 14.5. The molecule has 0 aliphatic rings. The molecule has 0 amide bonds. The summed E-state index contributed by atoms with van der Waals surface area (Å²) in [7, 11) is 0. The number of carbonyl (C=O) groups excluding carboxylic acids is 1. The molecule has 1 unspecified atom stereocenters. The van der Waals surface area contributed by atoms with Gasteiger partial charge in [0.05, 0.1) is 6.10 Å². The van der Waals surface area contributed by atoms with Gasteiger partial charge in [-0.15, -0.1) is 0 Å². The van der Waals surface area contributed by atoms with Crippen molar-refractivity contribution in [3.63, 3.8) is 0 Å². The number of aliphatic hydroxyl groups excluding tert-OH is 1. The van der Waals surface area contributed by atoms with Crippen LogP contribution < -0.4 is 0 Å². The van der Waals surface area contributed by atoms with E-state index >= 15 is 0 Å². The van der Waals surface area contributed by atoms with Gasteiger partial charge in [0, 0.05) is 6.42 Å². The van der Waals surface area contributed by atoms with Gasteiger partial charge >= 0.3 is 5.97 Å². The van der Waals surface area contributed by atoms with E-state index in [2.05, 4.69) is 6.92 Å². The van der Waals surface area contributed by atoms with Gasteiger partial charge in [-0.2, -0.15) is 0 Å². The van der Waals surface area contributed by atoms with Crippen LogP contribution in [0.5, 0.6) is 0 Å². The van der Waals surface area contributed by atoms with Crippen LogP contribution in [0.15, 0.2) is 30.3 Å². The van der Waals surface area contributed by atoms with E-state index in [0.29, 0.717) is 25.9 Å². The number of hydrogen-bond acceptors (Lipinski definition) is 3. The molecule has 0 fully saturated rings. The highest BCUT2D eigenvalue weighted by molar-refractivity contribution is 5.69. The first-order chi connectivity index (χ1) is 11.2. The zero-order valence-corrected chi connectivity index (χ0v) is 14.5. The highest BCUT2D eigenvalue weighted by atomic mass is 16.5. The van der Waals surface area contributed by atoms with Gasteiger partial charge in [0.2, 0.25) is 0 Å². The maximum absolute atomic E-state index is 11.7. The maximum atomic E-state index is 11.7. The van der Waals surface area contributed by atoms with E-state index in [1.165, 1.54) is 32.1 Å². The van der Waals surface area contributed by atoms with E-state index in [1.807, 2.05) is 30.3 Å². The predicted molar refractivity (Wildman–Crippen MR) is 94.1 cm³/mol. The molecule has 1 atom stereocenters. The molecule has 0 saturated carbocycles. The molecule has 1 aromatic carbocycles. The minimum absolute atomic E-state index is 0.180. The second-order valence-corrected chi connectivity index (χ2v) is 6.25. The van der Waals surface area contributed by atoms with Gasteiger partial charge in [0.15, 0.2) is 0 Å². The van der Waals surface area contributed by atoms with Crippen molar-refractivity contribution < 1.29 is 14.6 Å². The maximum Gasteiger partial charge on any atom is 0.306 e. The summed E-state index contributed by atoms with van der Waals surface area (Å²) in [5, 5.41) is 9.92. The van der Waals surface area contributed by atoms with E-state index in [4.69, 9.17) is 4.74 Å². The summed E-state index contributed by atoms with van der Waals surface area (Å²) in [4.78, 5) is 11.7. The Labute approximate surface area is 141 Å². The Kier molecular flexibility index (Phi) is 11.2. The van der Waals surface area contributed by atoms with Gasteiger partial charge in [0.1, 0.15) is 6.61 Å². The van der Waals surface area contributed by atoms with Crippen LogP contribution in [-0.4, -0.2) is 17.2 Å². The highest BCUT2D eigenvalue weighted by Crippen LogP contribution is 2.12. The van der Waals surface area contributed by atoms with E-state index in [-0.39, 0.29) is 12.1 Å². The number of carbonyl (C=O) groups is 1. The minimum atomic E-state index is -0.275. The quantitative estimate of drug-likeness (QED) is 0.410. The molecule has 1 N–H and O–H groups in total. The number of benzene rings is 1. The minimum Gasteiger partial charge on any atom is -0.461 e. The standard InChI is InChI=1S/C20H32O3/c1-2-3-4-5-6-10-14-19(21)15-11-16-20(22)23-17-18-12-8-7-9-13-18/h7-9,12-13,19,21H,2-6,10-11,14-17H2,1H3. The van der Waals surface area contributed by atoms with E-state index in [1.54, 1.807) is 0 Å². The summed E-state index contributed by atoms with van der Waals surface area (Å²) in [6.45, 7) is 2.55. The Balaban J connectivity index is 1.97. The van der Waals surface area contributed by atoms with Crippen molar-refractivity contribution in [3.05, 3.63) is 35.9 Å². The lowest BCUT2D eigenvalue weighted by molar-refractivity contribution is -0.145. The van der Waals surface area contributed by atoms with Crippen molar-refractivity contribution in [3.8, 4) is 0 Å². The number of unbranched alkanes of at least 4 members (excludes halogenated alkanes) is 5. The smallest absolute Gasteiger partial charge is 0.306 e. The van der Waals surface area contributed by atoms with Crippen molar-refractivity contribution >= 4 is 5.97 Å². The van der Waals surface area contributed by atoms with Crippen LogP contribution in [0.4, 0.5) is 0 Å². The van der Waals surface area contributed by atoms with Gasteiger partial charge in [-0.25, -0.2) is 0 Å². The lowest BCUT2D eigenvalue weighted by atomic mass is 10.0. The summed E-state index contributed by atoms with van der Waals surface area (Å²) in [5.74, 6) is -0.180. The fourth-order valence-electron chi connectivity index (χ4n) is 2.60. The third-order valence-corrected chi connectivity index (χ3v) is 4.05. The first-order valence-electron chi connectivity index (χ1n) is 9.10. The molecular weight excluding hydrogens is 288 g/mol. The number of hydrogen-bond donors (Lipinski definition) is 1. The Bertz CT molecular complexity index is 403. The third-order valence-electron chi connectivity index (χ3n) is 4.05. The molecule has 0 bridgehead atoms. The average molecular weight is 320 g/mol. The second-order valence-electron chi connectivity index (χ2n) is 6.25. The lowest BCUT2D eigenvalue weighted by Crippen LogP contribution is -2.09. The first-order valence-corrected chi connectivity index (χ1v) is 9.10. The number of aliphatic hydroxyl groups is 1. The molecule has 1 aromatic rings. The van der Waals surface area contributed by atoms with Crippen molar-refractivity contribution in [2.24, 2.45) is 0 Å². The molecule has 0 spiro atoms. The number of ether oxygens (including phenoxy) is 1. The van der Waals surface area contributed by atoms with E-state index < -0.39 is 0 Å². The van der Waals surface area contributed by atoms with Gasteiger partial charge in [0.25, 0.3) is 0 Å². The molecule has 0 saturated heterocycles. The predicted octanol–water partition coefficient (Wildman–Crippen LogP) is 5.01. The summed E-state index contributed by atoms with van der Waals surface area (Å²) < 4.78 is 5.23. The molecule has 0 aliphatic heterocycles. The molecule has 23 heavy (non-hydrogen) atoms. The van der Waals surface area contributed by atoms with Crippen molar-refractivity contribution in [2.75, 3.05) is 0 Å². The summed E-state index contributed by atoms with van der Waals surface area (Å²) in [5.41, 5.74) is 1.00. The fourth-order valence-corrected chi connectivity index (χ4v) is 2.60. The van der Waals surface area contributed by atoms with E-state index in [9.17, 15) is 9.90 Å². The van der Waals surface area contributed by atoms with Gasteiger partial charge < -0.3 is 9.84 Å². The van der Waals surface area contributed by atoms with Crippen LogP contribution in [0.25, 0.3) is 0 Å². The Morgan fingerprint density at radius 3 is 2.39 bits per heavy atom. The topological polar surface area (TPSA) is 46.5 Å². The molecule has 3 nitrogen and oxygen atoms in total. The molecule has 0 radical (unpaired) electrons. The van der Waals surface area contributed by atoms with Gasteiger partial charge in [-0.05, 0) is 24.8 Å². The van der Waals surface area contributed by atoms with Crippen LogP contribution in [0.1, 0.15) is 76.7 Å². The summed E-state index contributed by atoms with van der Waals surface area (Å²) in [6, 6.07) is 9.69. The Hall–Kier alpha value is -1.35. The number of rotatable bonds is 13. The molecule has 0 heterocycles. The van der Waals surface area contributed by atoms with Crippen molar-refractivity contribution in [1.29, 1.82) is 0 Å². The van der Waals surface area contributed by atoms with Crippen LogP contribution in [0.3, 0.4) is 0 Å². The van der Waals surface area contributed by atoms with Crippen LogP contribution >= 0.6 is 0 Å². The van der Waals surface area contributed by atoms with Gasteiger partial charge in [-0.1, -0.05) is 75.8 Å². The zero-order chi connectivity index (χ0) is 16.8. The molecule has 130 valence electrons. The highest BCUT2D eigenvalue weighted by Gasteiger charge is 2.07. The van der Waals surface area contributed by atoms with E-state index in [0.717, 1.165) is 18.4 Å². The molecule has 3 heteroatoms. The summed E-state index contributed by atoms with van der Waals surface area (Å²) >= 11 is 0.